The third-order valence-corrected chi connectivity index (χ3v) is 5.70. The van der Waals surface area contributed by atoms with Gasteiger partial charge in [-0.2, -0.15) is 0 Å². The molecule has 0 aliphatic heterocycles. The van der Waals surface area contributed by atoms with Gasteiger partial charge >= 0.3 is 0 Å². The van der Waals surface area contributed by atoms with Crippen LogP contribution in [-0.4, -0.2) is 11.9 Å². The van der Waals surface area contributed by atoms with Crippen LogP contribution in [0.3, 0.4) is 0 Å². The minimum Gasteiger partial charge on any atom is -0.497 e. The van der Waals surface area contributed by atoms with Gasteiger partial charge in [-0.15, -0.1) is 0 Å². The van der Waals surface area contributed by atoms with E-state index in [0.29, 0.717) is 10.2 Å². The van der Waals surface area contributed by atoms with Gasteiger partial charge in [-0.25, -0.2) is 0 Å². The fourth-order valence-electron chi connectivity index (χ4n) is 1.77. The van der Waals surface area contributed by atoms with Crippen molar-refractivity contribution < 1.29 is 4.74 Å². The highest BCUT2D eigenvalue weighted by molar-refractivity contribution is 9.10. The van der Waals surface area contributed by atoms with E-state index in [9.17, 15) is 0 Å². The van der Waals surface area contributed by atoms with Gasteiger partial charge in [0.1, 0.15) is 5.75 Å². The zero-order valence-electron chi connectivity index (χ0n) is 11.6. The maximum atomic E-state index is 5.26. The summed E-state index contributed by atoms with van der Waals surface area (Å²) in [5, 5.41) is 0. The van der Waals surface area contributed by atoms with Crippen molar-refractivity contribution in [3.8, 4) is 5.75 Å². The number of benzene rings is 1. The van der Waals surface area contributed by atoms with Crippen LogP contribution in [0.5, 0.6) is 5.75 Å². The average molecular weight is 378 g/mol. The standard InChI is InChI=1S/C15H22Br2O/c1-15(2,3)14(17)7-5-6-11-10-12(18-4)8-9-13(11)16/h8-10,14H,5-7H2,1-4H3. The van der Waals surface area contributed by atoms with E-state index in [2.05, 4.69) is 64.8 Å². The molecule has 0 fully saturated rings. The van der Waals surface area contributed by atoms with Crippen molar-refractivity contribution in [1.29, 1.82) is 0 Å². The molecule has 1 aromatic carbocycles. The lowest BCUT2D eigenvalue weighted by atomic mass is 9.89. The molecule has 18 heavy (non-hydrogen) atoms. The summed E-state index contributed by atoms with van der Waals surface area (Å²) in [4.78, 5) is 0.564. The van der Waals surface area contributed by atoms with Crippen LogP contribution in [0.1, 0.15) is 39.2 Å². The first-order chi connectivity index (χ1) is 8.34. The maximum Gasteiger partial charge on any atom is 0.119 e. The number of halogens is 2. The van der Waals surface area contributed by atoms with Crippen molar-refractivity contribution in [2.45, 2.75) is 44.9 Å². The third kappa shape index (κ3) is 4.93. The monoisotopic (exact) mass is 376 g/mol. The molecule has 0 saturated heterocycles. The number of ether oxygens (including phenoxy) is 1. The Balaban J connectivity index is 2.53. The highest BCUT2D eigenvalue weighted by atomic mass is 79.9. The largest absolute Gasteiger partial charge is 0.497 e. The van der Waals surface area contributed by atoms with E-state index in [4.69, 9.17) is 4.74 Å². The first-order valence-electron chi connectivity index (χ1n) is 6.31. The third-order valence-electron chi connectivity index (χ3n) is 3.10. The second-order valence-corrected chi connectivity index (χ2v) is 7.64. The van der Waals surface area contributed by atoms with Gasteiger partial charge in [0.15, 0.2) is 0 Å². The molecule has 0 spiro atoms. The summed E-state index contributed by atoms with van der Waals surface area (Å²) in [5.74, 6) is 0.930. The topological polar surface area (TPSA) is 9.23 Å². The van der Waals surface area contributed by atoms with Crippen molar-refractivity contribution in [2.75, 3.05) is 7.11 Å². The van der Waals surface area contributed by atoms with Crippen molar-refractivity contribution in [3.63, 3.8) is 0 Å². The molecule has 1 aromatic rings. The van der Waals surface area contributed by atoms with Gasteiger partial charge in [0.25, 0.3) is 0 Å². The number of rotatable bonds is 5. The summed E-state index contributed by atoms with van der Waals surface area (Å²) in [5.41, 5.74) is 1.65. The predicted octanol–water partition coefficient (Wildman–Crippen LogP) is 5.59. The first-order valence-corrected chi connectivity index (χ1v) is 8.02. The highest BCUT2D eigenvalue weighted by Crippen LogP contribution is 2.31. The highest BCUT2D eigenvalue weighted by Gasteiger charge is 2.21. The SMILES string of the molecule is COc1ccc(Br)c(CCCC(Br)C(C)(C)C)c1. The molecule has 3 heteroatoms. The van der Waals surface area contributed by atoms with Crippen molar-refractivity contribution in [2.24, 2.45) is 5.41 Å². The Kier molecular flexibility index (Phi) is 6.19. The fourth-order valence-corrected chi connectivity index (χ4v) is 2.54. The molecule has 0 amide bonds. The average Bonchev–Trinajstić information content (AvgIpc) is 2.30. The Hall–Kier alpha value is -0.0200. The van der Waals surface area contributed by atoms with Crippen LogP contribution in [0.4, 0.5) is 0 Å². The molecule has 1 atom stereocenters. The van der Waals surface area contributed by atoms with E-state index in [1.54, 1.807) is 7.11 Å². The van der Waals surface area contributed by atoms with Crippen LogP contribution in [0.2, 0.25) is 0 Å². The fraction of sp³-hybridized carbons (Fsp3) is 0.600. The molecule has 102 valence electrons. The van der Waals surface area contributed by atoms with Gasteiger partial charge in [-0.1, -0.05) is 52.6 Å². The minimum absolute atomic E-state index is 0.325. The number of hydrogen-bond acceptors (Lipinski definition) is 1. The first kappa shape index (κ1) is 16.0. The molecular weight excluding hydrogens is 356 g/mol. The molecule has 0 N–H and O–H groups in total. The van der Waals surface area contributed by atoms with Crippen molar-refractivity contribution in [1.82, 2.24) is 0 Å². The molecule has 0 aliphatic carbocycles. The Morgan fingerprint density at radius 3 is 2.50 bits per heavy atom. The van der Waals surface area contributed by atoms with Crippen LogP contribution in [0.15, 0.2) is 22.7 Å². The van der Waals surface area contributed by atoms with Crippen LogP contribution in [-0.2, 0) is 6.42 Å². The van der Waals surface area contributed by atoms with Crippen molar-refractivity contribution in [3.05, 3.63) is 28.2 Å². The number of aryl methyl sites for hydroxylation is 1. The molecule has 0 aromatic heterocycles. The van der Waals surface area contributed by atoms with Gasteiger partial charge < -0.3 is 4.74 Å². The van der Waals surface area contributed by atoms with Crippen molar-refractivity contribution >= 4 is 31.9 Å². The number of hydrogen-bond donors (Lipinski definition) is 0. The molecule has 1 nitrogen and oxygen atoms in total. The Morgan fingerprint density at radius 2 is 1.94 bits per heavy atom. The second kappa shape index (κ2) is 6.95. The van der Waals surface area contributed by atoms with Gasteiger partial charge in [0, 0.05) is 9.30 Å². The van der Waals surface area contributed by atoms with Gasteiger partial charge in [-0.05, 0) is 48.4 Å². The van der Waals surface area contributed by atoms with E-state index < -0.39 is 0 Å². The van der Waals surface area contributed by atoms with Gasteiger partial charge in [0.2, 0.25) is 0 Å². The summed E-state index contributed by atoms with van der Waals surface area (Å²) in [6, 6.07) is 6.16. The van der Waals surface area contributed by atoms with E-state index in [0.717, 1.165) is 12.2 Å². The lowest BCUT2D eigenvalue weighted by Gasteiger charge is -2.25. The molecular formula is C15H22Br2O. The van der Waals surface area contributed by atoms with Crippen LogP contribution < -0.4 is 4.74 Å². The van der Waals surface area contributed by atoms with E-state index in [1.807, 2.05) is 6.07 Å². The smallest absolute Gasteiger partial charge is 0.119 e. The zero-order chi connectivity index (χ0) is 13.8. The van der Waals surface area contributed by atoms with Crippen LogP contribution >= 0.6 is 31.9 Å². The number of alkyl halides is 1. The zero-order valence-corrected chi connectivity index (χ0v) is 14.8. The lowest BCUT2D eigenvalue weighted by molar-refractivity contribution is 0.380. The predicted molar refractivity (Wildman–Crippen MR) is 85.8 cm³/mol. The molecule has 1 rings (SSSR count). The van der Waals surface area contributed by atoms with E-state index in [1.165, 1.54) is 22.9 Å². The molecule has 0 bridgehead atoms. The summed E-state index contributed by atoms with van der Waals surface area (Å²) in [6.07, 6.45) is 3.45. The Morgan fingerprint density at radius 1 is 1.28 bits per heavy atom. The summed E-state index contributed by atoms with van der Waals surface area (Å²) in [7, 11) is 1.71. The summed E-state index contributed by atoms with van der Waals surface area (Å²) >= 11 is 7.38. The minimum atomic E-state index is 0.325. The van der Waals surface area contributed by atoms with Gasteiger partial charge in [0.05, 0.1) is 7.11 Å². The lowest BCUT2D eigenvalue weighted by Crippen LogP contribution is -2.20. The Bertz CT molecular complexity index is 383. The normalized spacial score (nSPS) is 13.4. The van der Waals surface area contributed by atoms with E-state index in [-0.39, 0.29) is 0 Å². The number of methoxy groups -OCH3 is 1. The van der Waals surface area contributed by atoms with Crippen LogP contribution in [0, 0.1) is 5.41 Å². The molecule has 0 saturated carbocycles. The van der Waals surface area contributed by atoms with Crippen LogP contribution in [0.25, 0.3) is 0 Å². The van der Waals surface area contributed by atoms with Gasteiger partial charge in [-0.3, -0.25) is 0 Å². The van der Waals surface area contributed by atoms with E-state index >= 15 is 0 Å². The second-order valence-electron chi connectivity index (χ2n) is 5.68. The molecule has 0 heterocycles. The molecule has 1 unspecified atom stereocenters. The molecule has 0 aliphatic rings. The summed E-state index contributed by atoms with van der Waals surface area (Å²) < 4.78 is 6.43. The summed E-state index contributed by atoms with van der Waals surface area (Å²) in [6.45, 7) is 6.82. The quantitative estimate of drug-likeness (QED) is 0.607. The Labute approximate surface area is 128 Å². The molecule has 0 radical (unpaired) electrons. The maximum absolute atomic E-state index is 5.26.